The Labute approximate surface area is 86.9 Å². The summed E-state index contributed by atoms with van der Waals surface area (Å²) in [6, 6.07) is 0.335. The number of rotatable bonds is 3. The van der Waals surface area contributed by atoms with Crippen LogP contribution in [0.5, 0.6) is 0 Å². The maximum atomic E-state index is 12.1. The van der Waals surface area contributed by atoms with E-state index in [0.29, 0.717) is 6.04 Å². The van der Waals surface area contributed by atoms with Crippen molar-refractivity contribution in [1.82, 2.24) is 10.2 Å². The summed E-state index contributed by atoms with van der Waals surface area (Å²) in [5.41, 5.74) is -0.307. The molecule has 1 amide bonds. The van der Waals surface area contributed by atoms with E-state index in [1.165, 1.54) is 0 Å². The average Bonchev–Trinajstić information content (AvgIpc) is 2.63. The van der Waals surface area contributed by atoms with Gasteiger partial charge < -0.3 is 10.2 Å². The summed E-state index contributed by atoms with van der Waals surface area (Å²) < 4.78 is 0. The molecule has 1 saturated heterocycles. The molecule has 0 aromatic rings. The van der Waals surface area contributed by atoms with Crippen molar-refractivity contribution >= 4 is 5.91 Å². The number of likely N-dealkylation sites (N-methyl/N-ethyl adjacent to an activating group) is 1. The Morgan fingerprint density at radius 1 is 1.64 bits per heavy atom. The van der Waals surface area contributed by atoms with Crippen molar-refractivity contribution in [2.24, 2.45) is 0 Å². The van der Waals surface area contributed by atoms with E-state index in [1.54, 1.807) is 0 Å². The van der Waals surface area contributed by atoms with Gasteiger partial charge in [0.2, 0.25) is 5.91 Å². The van der Waals surface area contributed by atoms with Crippen LogP contribution >= 0.6 is 0 Å². The highest BCUT2D eigenvalue weighted by Crippen LogP contribution is 2.21. The fourth-order valence-electron chi connectivity index (χ4n) is 1.94. The summed E-state index contributed by atoms with van der Waals surface area (Å²) in [6.07, 6.45) is 3.08. The molecular formula is C11H22N2O. The molecule has 0 bridgehead atoms. The third kappa shape index (κ3) is 2.08. The van der Waals surface area contributed by atoms with Crippen LogP contribution < -0.4 is 5.32 Å². The average molecular weight is 198 g/mol. The SMILES string of the molecule is CCC(C)N(C)C(=O)C1(C)CCCN1. The summed E-state index contributed by atoms with van der Waals surface area (Å²) in [5.74, 6) is 0.240. The first-order chi connectivity index (χ1) is 6.51. The third-order valence-corrected chi connectivity index (χ3v) is 3.41. The highest BCUT2D eigenvalue weighted by Gasteiger charge is 2.38. The summed E-state index contributed by atoms with van der Waals surface area (Å²) in [5, 5.41) is 3.30. The number of hydrogen-bond donors (Lipinski definition) is 1. The number of carbonyl (C=O) groups excluding carboxylic acids is 1. The standard InChI is InChI=1S/C11H22N2O/c1-5-9(2)13(4)10(14)11(3)7-6-8-12-11/h9,12H,5-8H2,1-4H3. The maximum Gasteiger partial charge on any atom is 0.242 e. The molecule has 1 rings (SSSR count). The highest BCUT2D eigenvalue weighted by molar-refractivity contribution is 5.86. The molecule has 3 nitrogen and oxygen atoms in total. The molecule has 2 unspecified atom stereocenters. The monoisotopic (exact) mass is 198 g/mol. The van der Waals surface area contributed by atoms with Crippen LogP contribution in [0.2, 0.25) is 0 Å². The lowest BCUT2D eigenvalue weighted by molar-refractivity contribution is -0.137. The zero-order chi connectivity index (χ0) is 10.8. The van der Waals surface area contributed by atoms with Gasteiger partial charge in [-0.3, -0.25) is 4.79 Å². The zero-order valence-corrected chi connectivity index (χ0v) is 9.76. The quantitative estimate of drug-likeness (QED) is 0.743. The van der Waals surface area contributed by atoms with Gasteiger partial charge in [0.1, 0.15) is 0 Å². The minimum atomic E-state index is -0.307. The molecule has 1 fully saturated rings. The van der Waals surface area contributed by atoms with E-state index in [2.05, 4.69) is 19.2 Å². The first-order valence-electron chi connectivity index (χ1n) is 5.53. The van der Waals surface area contributed by atoms with E-state index in [9.17, 15) is 4.79 Å². The molecule has 3 heteroatoms. The van der Waals surface area contributed by atoms with Crippen LogP contribution in [-0.4, -0.2) is 36.0 Å². The molecule has 82 valence electrons. The molecule has 0 aromatic carbocycles. The van der Waals surface area contributed by atoms with E-state index in [1.807, 2.05) is 18.9 Å². The van der Waals surface area contributed by atoms with Gasteiger partial charge in [-0.15, -0.1) is 0 Å². The van der Waals surface area contributed by atoms with E-state index in [-0.39, 0.29) is 11.4 Å². The van der Waals surface area contributed by atoms with Gasteiger partial charge in [-0.2, -0.15) is 0 Å². The Balaban J connectivity index is 2.63. The second-order valence-corrected chi connectivity index (χ2v) is 4.54. The number of hydrogen-bond acceptors (Lipinski definition) is 2. The smallest absolute Gasteiger partial charge is 0.242 e. The fraction of sp³-hybridized carbons (Fsp3) is 0.909. The molecule has 1 N–H and O–H groups in total. The molecule has 0 aliphatic carbocycles. The highest BCUT2D eigenvalue weighted by atomic mass is 16.2. The minimum absolute atomic E-state index is 0.240. The molecule has 1 aliphatic heterocycles. The topological polar surface area (TPSA) is 32.3 Å². The predicted molar refractivity (Wildman–Crippen MR) is 58.2 cm³/mol. The van der Waals surface area contributed by atoms with Gasteiger partial charge in [0.25, 0.3) is 0 Å². The summed E-state index contributed by atoms with van der Waals surface area (Å²) in [6.45, 7) is 7.19. The molecule has 0 aromatic heterocycles. The summed E-state index contributed by atoms with van der Waals surface area (Å²) >= 11 is 0. The largest absolute Gasteiger partial charge is 0.341 e. The predicted octanol–water partition coefficient (Wildman–Crippen LogP) is 1.39. The fourth-order valence-corrected chi connectivity index (χ4v) is 1.94. The van der Waals surface area contributed by atoms with Gasteiger partial charge in [0, 0.05) is 13.1 Å². The normalized spacial score (nSPS) is 28.9. The Hall–Kier alpha value is -0.570. The minimum Gasteiger partial charge on any atom is -0.341 e. The Morgan fingerprint density at radius 3 is 2.71 bits per heavy atom. The molecule has 14 heavy (non-hydrogen) atoms. The lowest BCUT2D eigenvalue weighted by Gasteiger charge is -2.32. The van der Waals surface area contributed by atoms with Crippen molar-refractivity contribution in [2.75, 3.05) is 13.6 Å². The van der Waals surface area contributed by atoms with Crippen LogP contribution in [0.25, 0.3) is 0 Å². The molecule has 0 spiro atoms. The van der Waals surface area contributed by atoms with Gasteiger partial charge in [-0.05, 0) is 39.7 Å². The van der Waals surface area contributed by atoms with Gasteiger partial charge in [0.05, 0.1) is 5.54 Å². The Bertz CT molecular complexity index is 209. The number of nitrogens with zero attached hydrogens (tertiary/aromatic N) is 1. The van der Waals surface area contributed by atoms with Crippen LogP contribution in [0.4, 0.5) is 0 Å². The second-order valence-electron chi connectivity index (χ2n) is 4.54. The van der Waals surface area contributed by atoms with Crippen LogP contribution in [-0.2, 0) is 4.79 Å². The van der Waals surface area contributed by atoms with Crippen molar-refractivity contribution in [3.8, 4) is 0 Å². The van der Waals surface area contributed by atoms with Gasteiger partial charge in [-0.25, -0.2) is 0 Å². The summed E-state index contributed by atoms with van der Waals surface area (Å²) in [4.78, 5) is 14.0. The first kappa shape index (κ1) is 11.5. The van der Waals surface area contributed by atoms with Crippen LogP contribution in [0, 0.1) is 0 Å². The van der Waals surface area contributed by atoms with Gasteiger partial charge >= 0.3 is 0 Å². The van der Waals surface area contributed by atoms with E-state index in [4.69, 9.17) is 0 Å². The first-order valence-corrected chi connectivity index (χ1v) is 5.53. The maximum absolute atomic E-state index is 12.1. The Kier molecular flexibility index (Phi) is 3.53. The van der Waals surface area contributed by atoms with Crippen molar-refractivity contribution in [3.63, 3.8) is 0 Å². The van der Waals surface area contributed by atoms with Crippen LogP contribution in [0.15, 0.2) is 0 Å². The number of carbonyl (C=O) groups is 1. The molecule has 1 heterocycles. The van der Waals surface area contributed by atoms with Gasteiger partial charge in [-0.1, -0.05) is 6.92 Å². The van der Waals surface area contributed by atoms with Crippen molar-refractivity contribution in [2.45, 2.75) is 51.6 Å². The van der Waals surface area contributed by atoms with Crippen LogP contribution in [0.1, 0.15) is 40.0 Å². The molecule has 2 atom stereocenters. The van der Waals surface area contributed by atoms with E-state index >= 15 is 0 Å². The number of nitrogens with one attached hydrogen (secondary N) is 1. The lowest BCUT2D eigenvalue weighted by atomic mass is 9.97. The third-order valence-electron chi connectivity index (χ3n) is 3.41. The zero-order valence-electron chi connectivity index (χ0n) is 9.76. The molecular weight excluding hydrogens is 176 g/mol. The van der Waals surface area contributed by atoms with Gasteiger partial charge in [0.15, 0.2) is 0 Å². The molecule has 1 aliphatic rings. The van der Waals surface area contributed by atoms with E-state index < -0.39 is 0 Å². The lowest BCUT2D eigenvalue weighted by Crippen LogP contribution is -2.53. The van der Waals surface area contributed by atoms with Crippen LogP contribution in [0.3, 0.4) is 0 Å². The summed E-state index contributed by atoms with van der Waals surface area (Å²) in [7, 11) is 1.90. The van der Waals surface area contributed by atoms with Crippen molar-refractivity contribution in [3.05, 3.63) is 0 Å². The molecule has 0 saturated carbocycles. The van der Waals surface area contributed by atoms with Crippen molar-refractivity contribution < 1.29 is 4.79 Å². The van der Waals surface area contributed by atoms with Crippen molar-refractivity contribution in [1.29, 1.82) is 0 Å². The number of amides is 1. The second kappa shape index (κ2) is 4.30. The van der Waals surface area contributed by atoms with E-state index in [0.717, 1.165) is 25.8 Å². The molecule has 0 radical (unpaired) electrons. The Morgan fingerprint density at radius 2 is 2.29 bits per heavy atom.